The van der Waals surface area contributed by atoms with Crippen molar-refractivity contribution in [2.75, 3.05) is 13.1 Å². The third-order valence-electron chi connectivity index (χ3n) is 4.30. The Hall–Kier alpha value is -0.910. The highest BCUT2D eigenvalue weighted by molar-refractivity contribution is 7.84. The van der Waals surface area contributed by atoms with Gasteiger partial charge in [-0.3, -0.25) is 0 Å². The van der Waals surface area contributed by atoms with E-state index in [0.717, 1.165) is 37.2 Å². The molecule has 2 atom stereocenters. The van der Waals surface area contributed by atoms with E-state index in [1.807, 2.05) is 39.0 Å². The van der Waals surface area contributed by atoms with Gasteiger partial charge < -0.3 is 10.1 Å². The summed E-state index contributed by atoms with van der Waals surface area (Å²) in [4.78, 5) is 0. The maximum atomic E-state index is 12.6. The zero-order chi connectivity index (χ0) is 15.1. The molecule has 2 aliphatic heterocycles. The fourth-order valence-corrected chi connectivity index (χ4v) is 3.98. The third-order valence-corrected chi connectivity index (χ3v) is 5.86. The van der Waals surface area contributed by atoms with Gasteiger partial charge in [-0.2, -0.15) is 0 Å². The zero-order valence-corrected chi connectivity index (χ0v) is 13.8. The van der Waals surface area contributed by atoms with Gasteiger partial charge >= 0.3 is 0 Å². The van der Waals surface area contributed by atoms with Gasteiger partial charge in [-0.25, -0.2) is 8.93 Å². The number of ether oxygens (including phenoxy) is 1. The number of benzene rings is 1. The van der Waals surface area contributed by atoms with Crippen LogP contribution in [0.25, 0.3) is 0 Å². The fourth-order valence-electron chi connectivity index (χ4n) is 3.07. The van der Waals surface area contributed by atoms with Crippen LogP contribution in [0.4, 0.5) is 0 Å². The quantitative estimate of drug-likeness (QED) is 0.881. The molecule has 0 saturated carbocycles. The standard InChI is InChI=1S/C16H24N2O2S/c1-15(2,3)21(19)18-14-12-6-4-5-7-13(12)20-16(14)8-10-17-11-9-16/h4-7,14,17-18H,8-11H2,1-3H3/t14-,21-/m1/s1. The summed E-state index contributed by atoms with van der Waals surface area (Å²) in [7, 11) is -1.11. The third kappa shape index (κ3) is 2.74. The smallest absolute Gasteiger partial charge is 0.132 e. The molecule has 1 fully saturated rings. The summed E-state index contributed by atoms with van der Waals surface area (Å²) in [6.45, 7) is 7.86. The maximum Gasteiger partial charge on any atom is 0.132 e. The van der Waals surface area contributed by atoms with E-state index in [1.165, 1.54) is 0 Å². The van der Waals surface area contributed by atoms with Crippen molar-refractivity contribution < 1.29 is 8.95 Å². The van der Waals surface area contributed by atoms with Gasteiger partial charge in [0.25, 0.3) is 0 Å². The zero-order valence-electron chi connectivity index (χ0n) is 12.9. The van der Waals surface area contributed by atoms with Gasteiger partial charge in [0.05, 0.1) is 21.8 Å². The van der Waals surface area contributed by atoms with Gasteiger partial charge in [0.2, 0.25) is 0 Å². The lowest BCUT2D eigenvalue weighted by Crippen LogP contribution is -2.53. The first kappa shape index (κ1) is 15.0. The molecule has 116 valence electrons. The largest absolute Gasteiger partial charge is 0.485 e. The molecule has 1 saturated heterocycles. The summed E-state index contributed by atoms with van der Waals surface area (Å²) >= 11 is 0. The molecule has 5 heteroatoms. The Morgan fingerprint density at radius 1 is 1.29 bits per heavy atom. The van der Waals surface area contributed by atoms with Crippen LogP contribution in [0, 0.1) is 0 Å². The molecule has 0 radical (unpaired) electrons. The summed E-state index contributed by atoms with van der Waals surface area (Å²) < 4.78 is 22.0. The van der Waals surface area contributed by atoms with Gasteiger partial charge in [-0.05, 0) is 39.9 Å². The average Bonchev–Trinajstić information content (AvgIpc) is 2.72. The van der Waals surface area contributed by atoms with Crippen molar-refractivity contribution in [2.45, 2.75) is 50.0 Å². The second-order valence-corrected chi connectivity index (χ2v) is 8.88. The van der Waals surface area contributed by atoms with Gasteiger partial charge in [-0.1, -0.05) is 18.2 Å². The molecule has 0 amide bonds. The Morgan fingerprint density at radius 3 is 2.62 bits per heavy atom. The van der Waals surface area contributed by atoms with Crippen molar-refractivity contribution in [2.24, 2.45) is 0 Å². The molecule has 0 aliphatic carbocycles. The minimum absolute atomic E-state index is 0.00383. The van der Waals surface area contributed by atoms with Crippen molar-refractivity contribution in [1.82, 2.24) is 10.0 Å². The lowest BCUT2D eigenvalue weighted by molar-refractivity contribution is 0.0324. The van der Waals surface area contributed by atoms with Crippen LogP contribution in [0.3, 0.4) is 0 Å². The fraction of sp³-hybridized carbons (Fsp3) is 0.625. The summed E-state index contributed by atoms with van der Waals surface area (Å²) in [5, 5.41) is 3.38. The van der Waals surface area contributed by atoms with E-state index in [0.29, 0.717) is 0 Å². The highest BCUT2D eigenvalue weighted by Crippen LogP contribution is 2.47. The summed E-state index contributed by atoms with van der Waals surface area (Å²) in [6.07, 6.45) is 1.86. The van der Waals surface area contributed by atoms with Gasteiger partial charge in [0.1, 0.15) is 11.4 Å². The number of hydrogen-bond donors (Lipinski definition) is 2. The first-order valence-electron chi connectivity index (χ1n) is 7.59. The Bertz CT molecular complexity index is 547. The summed E-state index contributed by atoms with van der Waals surface area (Å²) in [5.74, 6) is 0.933. The molecule has 4 nitrogen and oxygen atoms in total. The molecule has 2 aliphatic rings. The second kappa shape index (κ2) is 5.38. The molecule has 2 heterocycles. The molecular weight excluding hydrogens is 284 g/mol. The topological polar surface area (TPSA) is 50.4 Å². The van der Waals surface area contributed by atoms with E-state index >= 15 is 0 Å². The lowest BCUT2D eigenvalue weighted by Gasteiger charge is -2.39. The van der Waals surface area contributed by atoms with Crippen LogP contribution in [0.1, 0.15) is 45.2 Å². The molecule has 1 spiro atoms. The second-order valence-electron chi connectivity index (χ2n) is 6.89. The van der Waals surface area contributed by atoms with E-state index in [9.17, 15) is 4.21 Å². The Labute approximate surface area is 129 Å². The van der Waals surface area contributed by atoms with E-state index in [4.69, 9.17) is 4.74 Å². The molecule has 0 unspecified atom stereocenters. The molecule has 1 aromatic carbocycles. The van der Waals surface area contributed by atoms with Crippen LogP contribution < -0.4 is 14.8 Å². The number of rotatable bonds is 2. The van der Waals surface area contributed by atoms with Crippen molar-refractivity contribution in [3.8, 4) is 5.75 Å². The number of piperidine rings is 1. The number of nitrogens with one attached hydrogen (secondary N) is 2. The van der Waals surface area contributed by atoms with E-state index in [-0.39, 0.29) is 16.4 Å². The van der Waals surface area contributed by atoms with Crippen molar-refractivity contribution >= 4 is 11.0 Å². The van der Waals surface area contributed by atoms with Crippen LogP contribution in [-0.2, 0) is 11.0 Å². The normalized spacial score (nSPS) is 25.4. The Kier molecular flexibility index (Phi) is 3.84. The minimum atomic E-state index is -1.11. The Morgan fingerprint density at radius 2 is 1.95 bits per heavy atom. The number of fused-ring (bicyclic) bond motifs is 1. The molecule has 3 rings (SSSR count). The SMILES string of the molecule is CC(C)(C)[S@@](=O)N[C@@H]1c2ccccc2OC12CCNCC2. The first-order chi connectivity index (χ1) is 9.92. The highest BCUT2D eigenvalue weighted by Gasteiger charge is 2.50. The number of para-hydroxylation sites is 1. The van der Waals surface area contributed by atoms with Gasteiger partial charge in [0.15, 0.2) is 0 Å². The summed E-state index contributed by atoms with van der Waals surface area (Å²) in [6, 6.07) is 8.12. The maximum absolute atomic E-state index is 12.6. The van der Waals surface area contributed by atoms with Crippen LogP contribution in [0.2, 0.25) is 0 Å². The van der Waals surface area contributed by atoms with Crippen LogP contribution >= 0.6 is 0 Å². The molecule has 0 bridgehead atoms. The van der Waals surface area contributed by atoms with Crippen LogP contribution in [0.15, 0.2) is 24.3 Å². The Balaban J connectivity index is 1.94. The molecule has 21 heavy (non-hydrogen) atoms. The van der Waals surface area contributed by atoms with Gasteiger partial charge in [0, 0.05) is 18.4 Å². The lowest BCUT2D eigenvalue weighted by atomic mass is 9.84. The first-order valence-corrected chi connectivity index (χ1v) is 8.74. The molecular formula is C16H24N2O2S. The van der Waals surface area contributed by atoms with Crippen LogP contribution in [0.5, 0.6) is 5.75 Å². The highest BCUT2D eigenvalue weighted by atomic mass is 32.2. The monoisotopic (exact) mass is 308 g/mol. The predicted molar refractivity (Wildman–Crippen MR) is 85.7 cm³/mol. The molecule has 2 N–H and O–H groups in total. The van der Waals surface area contributed by atoms with Gasteiger partial charge in [-0.15, -0.1) is 0 Å². The predicted octanol–water partition coefficient (Wildman–Crippen LogP) is 2.29. The van der Waals surface area contributed by atoms with Crippen molar-refractivity contribution in [3.05, 3.63) is 29.8 Å². The average molecular weight is 308 g/mol. The van der Waals surface area contributed by atoms with E-state index in [2.05, 4.69) is 16.1 Å². The van der Waals surface area contributed by atoms with E-state index in [1.54, 1.807) is 0 Å². The van der Waals surface area contributed by atoms with Crippen molar-refractivity contribution in [3.63, 3.8) is 0 Å². The van der Waals surface area contributed by atoms with Crippen LogP contribution in [-0.4, -0.2) is 27.6 Å². The van der Waals surface area contributed by atoms with E-state index < -0.39 is 11.0 Å². The molecule has 0 aromatic heterocycles. The number of hydrogen-bond acceptors (Lipinski definition) is 3. The minimum Gasteiger partial charge on any atom is -0.485 e. The molecule has 1 aromatic rings. The van der Waals surface area contributed by atoms with Crippen molar-refractivity contribution in [1.29, 1.82) is 0 Å². The summed E-state index contributed by atoms with van der Waals surface area (Å²) in [5.41, 5.74) is 0.868.